The normalized spacial score (nSPS) is 18.0. The molecule has 1 atom stereocenters. The fraction of sp³-hybridized carbons (Fsp3) is 0.353. The number of hydrogen-bond acceptors (Lipinski definition) is 3. The zero-order chi connectivity index (χ0) is 14.7. The minimum absolute atomic E-state index is 0.139. The smallest absolute Gasteiger partial charge is 0.256 e. The van der Waals surface area contributed by atoms with Gasteiger partial charge in [0.05, 0.1) is 11.6 Å². The third-order valence-corrected chi connectivity index (χ3v) is 4.67. The fourth-order valence-electron chi connectivity index (χ4n) is 2.99. The Kier molecular flexibility index (Phi) is 4.25. The minimum Gasteiger partial charge on any atom is -0.385 e. The minimum atomic E-state index is 0.139. The van der Waals surface area contributed by atoms with Gasteiger partial charge in [-0.15, -0.1) is 0 Å². The summed E-state index contributed by atoms with van der Waals surface area (Å²) >= 11 is 1.70. The highest BCUT2D eigenvalue weighted by atomic mass is 32.1. The maximum absolute atomic E-state index is 12.9. The van der Waals surface area contributed by atoms with Crippen molar-refractivity contribution in [2.75, 3.05) is 18.4 Å². The van der Waals surface area contributed by atoms with Crippen molar-refractivity contribution in [2.45, 2.75) is 25.8 Å². The van der Waals surface area contributed by atoms with E-state index in [1.807, 2.05) is 36.1 Å². The molecule has 1 N–H and O–H groups in total. The molecule has 3 nitrogen and oxygen atoms in total. The lowest BCUT2D eigenvalue weighted by molar-refractivity contribution is 0.0737. The van der Waals surface area contributed by atoms with Crippen LogP contribution in [0.1, 0.15) is 41.7 Å². The molecule has 1 amide bonds. The maximum Gasteiger partial charge on any atom is 0.256 e. The summed E-state index contributed by atoms with van der Waals surface area (Å²) in [6.45, 7) is 3.71. The summed E-state index contributed by atoms with van der Waals surface area (Å²) in [5, 5.41) is 7.53. The number of para-hydroxylation sites is 1. The van der Waals surface area contributed by atoms with Crippen LogP contribution < -0.4 is 5.32 Å². The Balaban J connectivity index is 1.88. The van der Waals surface area contributed by atoms with Gasteiger partial charge in [-0.1, -0.05) is 12.1 Å². The van der Waals surface area contributed by atoms with Crippen molar-refractivity contribution in [1.29, 1.82) is 0 Å². The zero-order valence-electron chi connectivity index (χ0n) is 12.2. The number of likely N-dealkylation sites (tertiary alicyclic amines) is 1. The van der Waals surface area contributed by atoms with Crippen molar-refractivity contribution >= 4 is 22.9 Å². The van der Waals surface area contributed by atoms with Crippen LogP contribution in [0.25, 0.3) is 0 Å². The third-order valence-electron chi connectivity index (χ3n) is 3.97. The molecule has 2 heterocycles. The van der Waals surface area contributed by atoms with Gasteiger partial charge in [0.25, 0.3) is 5.91 Å². The Labute approximate surface area is 129 Å². The first-order chi connectivity index (χ1) is 10.3. The molecule has 1 aromatic heterocycles. The Morgan fingerprint density at radius 3 is 3.00 bits per heavy atom. The Bertz CT molecular complexity index is 609. The van der Waals surface area contributed by atoms with Crippen LogP contribution in [-0.4, -0.2) is 23.9 Å². The summed E-state index contributed by atoms with van der Waals surface area (Å²) in [6, 6.07) is 10.2. The number of thiophene rings is 1. The molecular weight excluding hydrogens is 280 g/mol. The quantitative estimate of drug-likeness (QED) is 0.919. The van der Waals surface area contributed by atoms with E-state index in [0.717, 1.165) is 37.2 Å². The fourth-order valence-corrected chi connectivity index (χ4v) is 3.70. The molecule has 1 saturated heterocycles. The van der Waals surface area contributed by atoms with Crippen LogP contribution in [0.5, 0.6) is 0 Å². The topological polar surface area (TPSA) is 32.3 Å². The van der Waals surface area contributed by atoms with E-state index in [0.29, 0.717) is 0 Å². The van der Waals surface area contributed by atoms with Gasteiger partial charge >= 0.3 is 0 Å². The van der Waals surface area contributed by atoms with Crippen LogP contribution in [0.4, 0.5) is 5.69 Å². The number of amides is 1. The number of rotatable bonds is 4. The van der Waals surface area contributed by atoms with Gasteiger partial charge in [-0.3, -0.25) is 4.79 Å². The van der Waals surface area contributed by atoms with Gasteiger partial charge in [0.15, 0.2) is 0 Å². The van der Waals surface area contributed by atoms with E-state index < -0.39 is 0 Å². The lowest BCUT2D eigenvalue weighted by Gasteiger charge is -2.25. The molecule has 0 saturated carbocycles. The predicted molar refractivity (Wildman–Crippen MR) is 87.9 cm³/mol. The van der Waals surface area contributed by atoms with Crippen LogP contribution in [0.2, 0.25) is 0 Å². The number of hydrogen-bond donors (Lipinski definition) is 1. The SMILES string of the molecule is CCNc1ccccc1C(=O)N1CCCC1c1ccsc1. The second-order valence-corrected chi connectivity index (χ2v) is 6.07. The van der Waals surface area contributed by atoms with Gasteiger partial charge in [-0.05, 0) is 54.3 Å². The number of nitrogens with zero attached hydrogens (tertiary/aromatic N) is 1. The monoisotopic (exact) mass is 300 g/mol. The molecule has 1 unspecified atom stereocenters. The summed E-state index contributed by atoms with van der Waals surface area (Å²) in [7, 11) is 0. The average molecular weight is 300 g/mol. The molecule has 0 aliphatic carbocycles. The van der Waals surface area contributed by atoms with Crippen molar-refractivity contribution in [2.24, 2.45) is 0 Å². The lowest BCUT2D eigenvalue weighted by atomic mass is 10.1. The van der Waals surface area contributed by atoms with E-state index in [-0.39, 0.29) is 11.9 Å². The molecule has 21 heavy (non-hydrogen) atoms. The molecule has 1 aliphatic rings. The molecule has 1 fully saturated rings. The van der Waals surface area contributed by atoms with Crippen molar-refractivity contribution in [3.8, 4) is 0 Å². The molecule has 110 valence electrons. The Hall–Kier alpha value is -1.81. The van der Waals surface area contributed by atoms with Crippen molar-refractivity contribution < 1.29 is 4.79 Å². The van der Waals surface area contributed by atoms with E-state index in [2.05, 4.69) is 22.1 Å². The summed E-state index contributed by atoms with van der Waals surface area (Å²) in [5.41, 5.74) is 2.98. The average Bonchev–Trinajstić information content (AvgIpc) is 3.18. The maximum atomic E-state index is 12.9. The lowest BCUT2D eigenvalue weighted by Crippen LogP contribution is -2.31. The summed E-state index contributed by atoms with van der Waals surface area (Å²) < 4.78 is 0. The largest absolute Gasteiger partial charge is 0.385 e. The summed E-state index contributed by atoms with van der Waals surface area (Å²) in [5.74, 6) is 0.139. The van der Waals surface area contributed by atoms with Crippen LogP contribution in [0, 0.1) is 0 Å². The molecule has 1 aromatic carbocycles. The summed E-state index contributed by atoms with van der Waals surface area (Å²) in [6.07, 6.45) is 2.14. The third kappa shape index (κ3) is 2.81. The molecule has 0 spiro atoms. The molecule has 0 bridgehead atoms. The summed E-state index contributed by atoms with van der Waals surface area (Å²) in [4.78, 5) is 15.0. The standard InChI is InChI=1S/C17H20N2OS/c1-2-18-15-7-4-3-6-14(15)17(20)19-10-5-8-16(19)13-9-11-21-12-13/h3-4,6-7,9,11-12,16,18H,2,5,8,10H2,1H3. The highest BCUT2D eigenvalue weighted by Gasteiger charge is 2.31. The first kappa shape index (κ1) is 14.1. The number of nitrogens with one attached hydrogen (secondary N) is 1. The second kappa shape index (κ2) is 6.31. The highest BCUT2D eigenvalue weighted by molar-refractivity contribution is 7.08. The molecule has 0 radical (unpaired) electrons. The Morgan fingerprint density at radius 2 is 2.24 bits per heavy atom. The number of benzene rings is 1. The van der Waals surface area contributed by atoms with Gasteiger partial charge < -0.3 is 10.2 Å². The van der Waals surface area contributed by atoms with Gasteiger partial charge in [-0.25, -0.2) is 0 Å². The number of carbonyl (C=O) groups is 1. The van der Waals surface area contributed by atoms with E-state index >= 15 is 0 Å². The van der Waals surface area contributed by atoms with E-state index in [9.17, 15) is 4.79 Å². The molecule has 3 rings (SSSR count). The molecule has 4 heteroatoms. The van der Waals surface area contributed by atoms with Gasteiger partial charge in [0.1, 0.15) is 0 Å². The molecule has 1 aliphatic heterocycles. The molecular formula is C17H20N2OS. The number of carbonyl (C=O) groups excluding carboxylic acids is 1. The van der Waals surface area contributed by atoms with Gasteiger partial charge in [0.2, 0.25) is 0 Å². The van der Waals surface area contributed by atoms with E-state index in [1.165, 1.54) is 5.56 Å². The van der Waals surface area contributed by atoms with E-state index in [4.69, 9.17) is 0 Å². The Morgan fingerprint density at radius 1 is 1.38 bits per heavy atom. The first-order valence-electron chi connectivity index (χ1n) is 7.47. The van der Waals surface area contributed by atoms with Crippen molar-refractivity contribution in [3.05, 3.63) is 52.2 Å². The number of anilines is 1. The van der Waals surface area contributed by atoms with Crippen LogP contribution in [0.15, 0.2) is 41.1 Å². The first-order valence-corrected chi connectivity index (χ1v) is 8.41. The van der Waals surface area contributed by atoms with Crippen molar-refractivity contribution in [3.63, 3.8) is 0 Å². The van der Waals surface area contributed by atoms with Crippen LogP contribution in [0.3, 0.4) is 0 Å². The van der Waals surface area contributed by atoms with Crippen molar-refractivity contribution in [1.82, 2.24) is 4.90 Å². The highest BCUT2D eigenvalue weighted by Crippen LogP contribution is 2.35. The van der Waals surface area contributed by atoms with Crippen LogP contribution in [-0.2, 0) is 0 Å². The van der Waals surface area contributed by atoms with Gasteiger partial charge in [-0.2, -0.15) is 11.3 Å². The van der Waals surface area contributed by atoms with Gasteiger partial charge in [0, 0.05) is 18.8 Å². The zero-order valence-corrected chi connectivity index (χ0v) is 13.0. The molecule has 2 aromatic rings. The van der Waals surface area contributed by atoms with Crippen LogP contribution >= 0.6 is 11.3 Å². The van der Waals surface area contributed by atoms with E-state index in [1.54, 1.807) is 11.3 Å². The predicted octanol–water partition coefficient (Wildman–Crippen LogP) is 4.16. The second-order valence-electron chi connectivity index (χ2n) is 5.29.